The highest BCUT2D eigenvalue weighted by Gasteiger charge is 2.23. The number of H-pyrrole nitrogens is 1. The maximum atomic E-state index is 12.4. The predicted molar refractivity (Wildman–Crippen MR) is 83.9 cm³/mol. The van der Waals surface area contributed by atoms with Gasteiger partial charge in [0.15, 0.2) is 0 Å². The monoisotopic (exact) mass is 337 g/mol. The first kappa shape index (κ1) is 13.6. The second-order valence-corrected chi connectivity index (χ2v) is 7.18. The molecule has 2 aliphatic heterocycles. The van der Waals surface area contributed by atoms with Crippen LogP contribution in [-0.4, -0.2) is 37.5 Å². The molecule has 1 aromatic heterocycles. The topological polar surface area (TPSA) is 99.7 Å². The van der Waals surface area contributed by atoms with E-state index in [1.54, 1.807) is 28.9 Å². The van der Waals surface area contributed by atoms with Crippen LogP contribution in [0.15, 0.2) is 39.2 Å². The summed E-state index contributed by atoms with van der Waals surface area (Å²) in [4.78, 5) is 0.118. The molecule has 0 atom stereocenters. The second-order valence-electron chi connectivity index (χ2n) is 4.73. The van der Waals surface area contributed by atoms with Crippen LogP contribution in [-0.2, 0) is 14.8 Å². The van der Waals surface area contributed by atoms with Crippen molar-refractivity contribution in [3.63, 3.8) is 0 Å². The molecule has 2 N–H and O–H groups in total. The number of benzene rings is 1. The van der Waals surface area contributed by atoms with Crippen LogP contribution < -0.4 is 9.84 Å². The Morgan fingerprint density at radius 3 is 2.91 bits per heavy atom. The Balaban J connectivity index is 1.84. The van der Waals surface area contributed by atoms with E-state index in [0.717, 1.165) is 5.39 Å². The van der Waals surface area contributed by atoms with Gasteiger partial charge in [-0.25, -0.2) is 4.41 Å². The van der Waals surface area contributed by atoms with E-state index >= 15 is 0 Å². The first-order valence-electron chi connectivity index (χ1n) is 6.39. The van der Waals surface area contributed by atoms with Gasteiger partial charge in [0.05, 0.1) is 41.2 Å². The third-order valence-corrected chi connectivity index (χ3v) is 5.34. The van der Waals surface area contributed by atoms with Crippen molar-refractivity contribution in [2.24, 2.45) is 4.40 Å². The lowest BCUT2D eigenvalue weighted by molar-refractivity contribution is 0.160. The normalized spacial score (nSPS) is 17.6. The van der Waals surface area contributed by atoms with Crippen LogP contribution in [0.5, 0.6) is 0 Å². The summed E-state index contributed by atoms with van der Waals surface area (Å²) in [5.74, 6) is 0. The molecule has 0 bridgehead atoms. The molecule has 10 heteroatoms. The lowest BCUT2D eigenvalue weighted by Gasteiger charge is -2.19. The quantitative estimate of drug-likeness (QED) is 0.811. The van der Waals surface area contributed by atoms with E-state index in [9.17, 15) is 8.42 Å². The summed E-state index contributed by atoms with van der Waals surface area (Å²) in [6.45, 7) is 0.539. The van der Waals surface area contributed by atoms with Crippen molar-refractivity contribution in [2.75, 3.05) is 17.6 Å². The van der Waals surface area contributed by atoms with Gasteiger partial charge < -0.3 is 4.74 Å². The van der Waals surface area contributed by atoms with Crippen molar-refractivity contribution < 1.29 is 13.2 Å². The van der Waals surface area contributed by atoms with Crippen LogP contribution in [0.4, 0.5) is 5.69 Å². The van der Waals surface area contributed by atoms with E-state index in [-0.39, 0.29) is 18.1 Å². The van der Waals surface area contributed by atoms with Crippen LogP contribution in [0.2, 0.25) is 0 Å². The average Bonchev–Trinajstić information content (AvgIpc) is 3.12. The van der Waals surface area contributed by atoms with Crippen molar-refractivity contribution in [3.05, 3.63) is 29.9 Å². The summed E-state index contributed by atoms with van der Waals surface area (Å²) in [6.07, 6.45) is 3.43. The van der Waals surface area contributed by atoms with Gasteiger partial charge in [-0.3, -0.25) is 10.5 Å². The summed E-state index contributed by atoms with van der Waals surface area (Å²) in [5, 5.41) is 9.47. The van der Waals surface area contributed by atoms with Gasteiger partial charge in [-0.05, 0) is 12.1 Å². The Labute approximate surface area is 130 Å². The molecule has 3 heterocycles. The molecular weight excluding hydrogens is 326 g/mol. The summed E-state index contributed by atoms with van der Waals surface area (Å²) in [7, 11) is -3.77. The van der Waals surface area contributed by atoms with Crippen molar-refractivity contribution in [1.29, 1.82) is 0 Å². The Bertz CT molecular complexity index is 889. The number of aromatic amines is 1. The van der Waals surface area contributed by atoms with Crippen molar-refractivity contribution in [2.45, 2.75) is 4.90 Å². The van der Waals surface area contributed by atoms with Crippen LogP contribution >= 0.6 is 11.9 Å². The maximum absolute atomic E-state index is 12.4. The number of nitrogens with zero attached hydrogens (tertiary/aromatic N) is 3. The van der Waals surface area contributed by atoms with E-state index < -0.39 is 10.0 Å². The molecular formula is C12H11N5O3S2. The third-order valence-electron chi connectivity index (χ3n) is 3.24. The zero-order chi connectivity index (χ0) is 15.2. The smallest absolute Gasteiger partial charge is 0.282 e. The van der Waals surface area contributed by atoms with Crippen LogP contribution in [0.3, 0.4) is 0 Å². The van der Waals surface area contributed by atoms with Gasteiger partial charge in [0.1, 0.15) is 0 Å². The molecule has 1 fully saturated rings. The minimum absolute atomic E-state index is 0.118. The van der Waals surface area contributed by atoms with Crippen LogP contribution in [0.25, 0.3) is 10.9 Å². The molecule has 0 amide bonds. The highest BCUT2D eigenvalue weighted by atomic mass is 32.2. The van der Waals surface area contributed by atoms with Crippen molar-refractivity contribution in [3.8, 4) is 0 Å². The zero-order valence-corrected chi connectivity index (χ0v) is 12.8. The molecule has 1 aromatic carbocycles. The van der Waals surface area contributed by atoms with E-state index in [2.05, 4.69) is 20.0 Å². The number of anilines is 1. The highest BCUT2D eigenvalue weighted by Crippen LogP contribution is 2.34. The number of hydrogen-bond donors (Lipinski definition) is 2. The van der Waals surface area contributed by atoms with Crippen LogP contribution in [0, 0.1) is 0 Å². The van der Waals surface area contributed by atoms with Gasteiger partial charge in [-0.1, -0.05) is 0 Å². The number of aromatic nitrogens is 2. The summed E-state index contributed by atoms with van der Waals surface area (Å²) < 4.78 is 35.4. The van der Waals surface area contributed by atoms with E-state index in [0.29, 0.717) is 16.9 Å². The Morgan fingerprint density at radius 2 is 2.23 bits per heavy atom. The fourth-order valence-electron chi connectivity index (χ4n) is 2.14. The average molecular weight is 337 g/mol. The third kappa shape index (κ3) is 2.25. The summed E-state index contributed by atoms with van der Waals surface area (Å²) in [6, 6.07) is 3.13. The number of rotatable bonds is 3. The van der Waals surface area contributed by atoms with Gasteiger partial charge in [0.2, 0.25) is 0 Å². The SMILES string of the molecule is O=S(=O)(N=C1COC1)c1cc(N2NC=CS2)c2cn[nH]c2c1. The zero-order valence-electron chi connectivity index (χ0n) is 11.2. The molecule has 2 aromatic rings. The number of hydrazine groups is 1. The van der Waals surface area contributed by atoms with Crippen molar-refractivity contribution in [1.82, 2.24) is 15.6 Å². The minimum atomic E-state index is -3.77. The summed E-state index contributed by atoms with van der Waals surface area (Å²) in [5.41, 5.74) is 4.88. The minimum Gasteiger partial charge on any atom is -0.369 e. The largest absolute Gasteiger partial charge is 0.369 e. The van der Waals surface area contributed by atoms with Gasteiger partial charge in [-0.2, -0.15) is 17.9 Å². The highest BCUT2D eigenvalue weighted by molar-refractivity contribution is 8.03. The van der Waals surface area contributed by atoms with Gasteiger partial charge in [0, 0.05) is 28.9 Å². The number of ether oxygens (including phenoxy) is 1. The predicted octanol–water partition coefficient (Wildman–Crippen LogP) is 1.17. The molecule has 0 spiro atoms. The summed E-state index contributed by atoms with van der Waals surface area (Å²) >= 11 is 1.41. The molecule has 114 valence electrons. The Morgan fingerprint density at radius 1 is 1.36 bits per heavy atom. The lowest BCUT2D eigenvalue weighted by Crippen LogP contribution is -2.28. The number of nitrogens with one attached hydrogen (secondary N) is 2. The fourth-order valence-corrected chi connectivity index (χ4v) is 3.85. The molecule has 4 rings (SSSR count). The first-order valence-corrected chi connectivity index (χ1v) is 8.67. The maximum Gasteiger partial charge on any atom is 0.282 e. The lowest BCUT2D eigenvalue weighted by atomic mass is 10.2. The molecule has 0 saturated carbocycles. The van der Waals surface area contributed by atoms with E-state index in [1.807, 2.05) is 5.41 Å². The first-order chi connectivity index (χ1) is 10.6. The number of hydrogen-bond acceptors (Lipinski definition) is 7. The van der Waals surface area contributed by atoms with Crippen molar-refractivity contribution >= 4 is 44.3 Å². The molecule has 0 unspecified atom stereocenters. The second kappa shape index (κ2) is 5.00. The Hall–Kier alpha value is -2.04. The molecule has 2 aliphatic rings. The standard InChI is InChI=1S/C12H11N5O3S2/c18-22(19,16-8-6-20-7-8)9-3-11-10(5-13-15-11)12(4-9)17-14-1-2-21-17/h1-5,14H,6-7H2,(H,13,15). The van der Waals surface area contributed by atoms with Gasteiger partial charge >= 0.3 is 0 Å². The molecule has 1 saturated heterocycles. The van der Waals surface area contributed by atoms with Gasteiger partial charge in [-0.15, -0.1) is 0 Å². The van der Waals surface area contributed by atoms with Gasteiger partial charge in [0.25, 0.3) is 10.0 Å². The molecule has 22 heavy (non-hydrogen) atoms. The van der Waals surface area contributed by atoms with E-state index in [4.69, 9.17) is 4.74 Å². The molecule has 0 aliphatic carbocycles. The number of sulfonamides is 1. The molecule has 0 radical (unpaired) electrons. The molecule has 8 nitrogen and oxygen atoms in total. The Kier molecular flexibility index (Phi) is 3.10. The fraction of sp³-hybridized carbons (Fsp3) is 0.167. The number of fused-ring (bicyclic) bond motifs is 1. The van der Waals surface area contributed by atoms with E-state index in [1.165, 1.54) is 11.9 Å². The van der Waals surface area contributed by atoms with Crippen LogP contribution in [0.1, 0.15) is 0 Å².